The van der Waals surface area contributed by atoms with E-state index in [0.29, 0.717) is 0 Å². The Labute approximate surface area is 162 Å². The van der Waals surface area contributed by atoms with Crippen molar-refractivity contribution < 1.29 is 13.2 Å². The highest BCUT2D eigenvalue weighted by Gasteiger charge is 2.51. The molecule has 3 nitrogen and oxygen atoms in total. The maximum Gasteiger partial charge on any atom is 0.237 e. The standard InChI is InChI=1S/C20H14Cl2O3S/c21-17-12-7-13-18(14-17)26(24,25)20(22,16-10-5-2-6-11-16)19(23)15-8-3-1-4-9-15/h1-14H. The fraction of sp³-hybridized carbons (Fsp3) is 0.0500. The number of ketones is 1. The van der Waals surface area contributed by atoms with Crippen molar-refractivity contribution in [3.63, 3.8) is 0 Å². The van der Waals surface area contributed by atoms with Gasteiger partial charge in [-0.2, -0.15) is 0 Å². The molecule has 0 aliphatic rings. The highest BCUT2D eigenvalue weighted by atomic mass is 35.5. The summed E-state index contributed by atoms with van der Waals surface area (Å²) in [6, 6.07) is 21.9. The van der Waals surface area contributed by atoms with Gasteiger partial charge in [-0.05, 0) is 23.8 Å². The van der Waals surface area contributed by atoms with Gasteiger partial charge >= 0.3 is 0 Å². The minimum absolute atomic E-state index is 0.117. The molecule has 1 unspecified atom stereocenters. The molecule has 26 heavy (non-hydrogen) atoms. The van der Waals surface area contributed by atoms with E-state index in [1.54, 1.807) is 42.5 Å². The van der Waals surface area contributed by atoms with E-state index in [9.17, 15) is 13.2 Å². The Morgan fingerprint density at radius 1 is 0.808 bits per heavy atom. The van der Waals surface area contributed by atoms with Crippen LogP contribution in [0.2, 0.25) is 5.02 Å². The maximum absolute atomic E-state index is 13.4. The number of halogens is 2. The lowest BCUT2D eigenvalue weighted by atomic mass is 10.0. The molecule has 0 amide bonds. The van der Waals surface area contributed by atoms with Gasteiger partial charge in [0.15, 0.2) is 0 Å². The molecule has 0 saturated heterocycles. The first-order chi connectivity index (χ1) is 12.4. The van der Waals surface area contributed by atoms with E-state index in [1.165, 1.54) is 42.5 Å². The van der Waals surface area contributed by atoms with E-state index >= 15 is 0 Å². The second-order valence-corrected chi connectivity index (χ2v) is 8.94. The Morgan fingerprint density at radius 3 is 1.96 bits per heavy atom. The number of sulfone groups is 1. The molecular weight excluding hydrogens is 391 g/mol. The second kappa shape index (κ2) is 7.23. The Bertz CT molecular complexity index is 1030. The normalized spacial score (nSPS) is 13.8. The number of carbonyl (C=O) groups excluding carboxylic acids is 1. The molecule has 0 spiro atoms. The van der Waals surface area contributed by atoms with Gasteiger partial charge in [0, 0.05) is 10.6 Å². The van der Waals surface area contributed by atoms with E-state index in [4.69, 9.17) is 23.2 Å². The third-order valence-electron chi connectivity index (χ3n) is 3.95. The van der Waals surface area contributed by atoms with Crippen LogP contribution < -0.4 is 0 Å². The van der Waals surface area contributed by atoms with Crippen LogP contribution in [0.1, 0.15) is 15.9 Å². The molecule has 0 radical (unpaired) electrons. The van der Waals surface area contributed by atoms with Crippen LogP contribution in [-0.2, 0) is 14.0 Å². The third kappa shape index (κ3) is 3.16. The zero-order valence-electron chi connectivity index (χ0n) is 13.5. The Balaban J connectivity index is 2.27. The first-order valence-corrected chi connectivity index (χ1v) is 9.96. The van der Waals surface area contributed by atoms with Gasteiger partial charge in [-0.15, -0.1) is 0 Å². The lowest BCUT2D eigenvalue weighted by molar-refractivity contribution is 0.0971. The van der Waals surface area contributed by atoms with Crippen LogP contribution in [0.5, 0.6) is 0 Å². The van der Waals surface area contributed by atoms with Gasteiger partial charge in [0.25, 0.3) is 0 Å². The molecule has 0 saturated carbocycles. The summed E-state index contributed by atoms with van der Waals surface area (Å²) in [7, 11) is -4.29. The Hall–Kier alpha value is -2.14. The molecule has 0 aromatic heterocycles. The summed E-state index contributed by atoms with van der Waals surface area (Å²) in [5.74, 6) is -0.717. The fourth-order valence-electron chi connectivity index (χ4n) is 2.63. The molecule has 0 aliphatic heterocycles. The summed E-state index contributed by atoms with van der Waals surface area (Å²) in [5, 5.41) is 0.241. The first-order valence-electron chi connectivity index (χ1n) is 7.72. The lowest BCUT2D eigenvalue weighted by Gasteiger charge is -2.26. The van der Waals surface area contributed by atoms with Gasteiger partial charge in [0.05, 0.1) is 4.90 Å². The first kappa shape index (κ1) is 18.6. The monoisotopic (exact) mass is 404 g/mol. The summed E-state index contributed by atoms with van der Waals surface area (Å²) in [6.45, 7) is 0. The zero-order chi connectivity index (χ0) is 18.8. The van der Waals surface area contributed by atoms with Crippen LogP contribution in [0, 0.1) is 0 Å². The summed E-state index contributed by atoms with van der Waals surface area (Å²) < 4.78 is 24.5. The number of hydrogen-bond donors (Lipinski definition) is 0. The molecule has 1 atom stereocenters. The SMILES string of the molecule is O=C(c1ccccc1)C(Cl)(c1ccccc1)S(=O)(=O)c1cccc(Cl)c1. The molecule has 0 heterocycles. The van der Waals surface area contributed by atoms with Crippen molar-refractivity contribution in [2.24, 2.45) is 0 Å². The van der Waals surface area contributed by atoms with E-state index in [0.717, 1.165) is 0 Å². The van der Waals surface area contributed by atoms with Crippen molar-refractivity contribution in [3.05, 3.63) is 101 Å². The van der Waals surface area contributed by atoms with Gasteiger partial charge in [-0.3, -0.25) is 4.79 Å². The van der Waals surface area contributed by atoms with Crippen LogP contribution >= 0.6 is 23.2 Å². The van der Waals surface area contributed by atoms with E-state index in [-0.39, 0.29) is 21.0 Å². The Kier molecular flexibility index (Phi) is 5.19. The van der Waals surface area contributed by atoms with Gasteiger partial charge in [-0.25, -0.2) is 8.42 Å². The van der Waals surface area contributed by atoms with Gasteiger partial charge in [0.2, 0.25) is 19.8 Å². The highest BCUT2D eigenvalue weighted by Crippen LogP contribution is 2.42. The fourth-order valence-corrected chi connectivity index (χ4v) is 5.06. The molecule has 0 N–H and O–H groups in total. The van der Waals surface area contributed by atoms with E-state index in [2.05, 4.69) is 0 Å². The summed E-state index contributed by atoms with van der Waals surface area (Å²) in [4.78, 5) is 13.1. The highest BCUT2D eigenvalue weighted by molar-refractivity contribution is 7.94. The predicted octanol–water partition coefficient (Wildman–Crippen LogP) is 5.09. The third-order valence-corrected chi connectivity index (χ3v) is 7.22. The van der Waals surface area contributed by atoms with Gasteiger partial charge in [-0.1, -0.05) is 89.9 Å². The molecule has 3 aromatic rings. The topological polar surface area (TPSA) is 51.2 Å². The second-order valence-electron chi connectivity index (χ2n) is 5.62. The molecule has 0 fully saturated rings. The maximum atomic E-state index is 13.4. The zero-order valence-corrected chi connectivity index (χ0v) is 15.8. The number of alkyl halides is 1. The molecule has 132 valence electrons. The largest absolute Gasteiger partial charge is 0.291 e. The summed E-state index contributed by atoms with van der Waals surface area (Å²) in [5.41, 5.74) is 0.382. The smallest absolute Gasteiger partial charge is 0.237 e. The Morgan fingerprint density at radius 2 is 1.38 bits per heavy atom. The molecule has 3 aromatic carbocycles. The number of rotatable bonds is 5. The molecule has 6 heteroatoms. The van der Waals surface area contributed by atoms with E-state index < -0.39 is 19.8 Å². The van der Waals surface area contributed by atoms with Gasteiger partial charge < -0.3 is 0 Å². The van der Waals surface area contributed by atoms with Crippen molar-refractivity contribution in [2.75, 3.05) is 0 Å². The van der Waals surface area contributed by atoms with E-state index in [1.807, 2.05) is 0 Å². The summed E-state index contributed by atoms with van der Waals surface area (Å²) in [6.07, 6.45) is 0. The predicted molar refractivity (Wildman–Crippen MR) is 103 cm³/mol. The molecule has 0 aliphatic carbocycles. The molecular formula is C20H14Cl2O3S. The minimum Gasteiger partial charge on any atom is -0.291 e. The number of carbonyl (C=O) groups is 1. The number of hydrogen-bond acceptors (Lipinski definition) is 3. The van der Waals surface area contributed by atoms with Crippen molar-refractivity contribution >= 4 is 38.8 Å². The van der Waals surface area contributed by atoms with Crippen LogP contribution in [-0.4, -0.2) is 14.2 Å². The summed E-state index contributed by atoms with van der Waals surface area (Å²) >= 11 is 12.6. The van der Waals surface area contributed by atoms with Crippen molar-refractivity contribution in [1.82, 2.24) is 0 Å². The quantitative estimate of drug-likeness (QED) is 0.439. The number of Topliss-reactive ketones (excluding diaryl/α,β-unsaturated/α-hetero) is 1. The molecule has 3 rings (SSSR count). The van der Waals surface area contributed by atoms with Crippen LogP contribution in [0.3, 0.4) is 0 Å². The number of benzene rings is 3. The van der Waals surface area contributed by atoms with Crippen molar-refractivity contribution in [1.29, 1.82) is 0 Å². The average Bonchev–Trinajstić information content (AvgIpc) is 2.68. The van der Waals surface area contributed by atoms with Crippen LogP contribution in [0.15, 0.2) is 89.8 Å². The lowest BCUT2D eigenvalue weighted by Crippen LogP contribution is -2.38. The van der Waals surface area contributed by atoms with Crippen LogP contribution in [0.4, 0.5) is 0 Å². The van der Waals surface area contributed by atoms with Crippen molar-refractivity contribution in [2.45, 2.75) is 9.10 Å². The molecule has 0 bridgehead atoms. The average molecular weight is 405 g/mol. The van der Waals surface area contributed by atoms with Crippen molar-refractivity contribution in [3.8, 4) is 0 Å². The van der Waals surface area contributed by atoms with Crippen LogP contribution in [0.25, 0.3) is 0 Å². The van der Waals surface area contributed by atoms with Gasteiger partial charge in [0.1, 0.15) is 0 Å². The minimum atomic E-state index is -4.29.